The normalized spacial score (nSPS) is 10.9. The maximum Gasteiger partial charge on any atom is 0.0354 e. The molecule has 0 aromatic heterocycles. The molecule has 14 heavy (non-hydrogen) atoms. The van der Waals surface area contributed by atoms with Crippen LogP contribution in [0, 0.1) is 12.8 Å². The van der Waals surface area contributed by atoms with Crippen molar-refractivity contribution in [2.45, 2.75) is 32.1 Å². The fourth-order valence-electron chi connectivity index (χ4n) is 1.12. The van der Waals surface area contributed by atoms with E-state index < -0.39 is 0 Å². The lowest BCUT2D eigenvalue weighted by Crippen LogP contribution is -1.91. The Labute approximate surface area is 91.1 Å². The molecule has 0 amide bonds. The van der Waals surface area contributed by atoms with Gasteiger partial charge in [-0.25, -0.2) is 0 Å². The first-order chi connectivity index (χ1) is 6.59. The van der Waals surface area contributed by atoms with E-state index in [1.807, 2.05) is 18.7 Å². The Kier molecular flexibility index (Phi) is 4.33. The maximum absolute atomic E-state index is 5.84. The van der Waals surface area contributed by atoms with Crippen molar-refractivity contribution in [2.75, 3.05) is 11.5 Å². The number of hydrogen-bond acceptors (Lipinski definition) is 2. The van der Waals surface area contributed by atoms with Crippen LogP contribution in [0.4, 0.5) is 5.69 Å². The van der Waals surface area contributed by atoms with Gasteiger partial charge in [0.2, 0.25) is 0 Å². The largest absolute Gasteiger partial charge is 0.398 e. The molecular formula is C12H19NS. The van der Waals surface area contributed by atoms with Gasteiger partial charge in [-0.3, -0.25) is 0 Å². The second-order valence-electron chi connectivity index (χ2n) is 4.05. The van der Waals surface area contributed by atoms with Crippen molar-refractivity contribution >= 4 is 17.4 Å². The quantitative estimate of drug-likeness (QED) is 0.604. The van der Waals surface area contributed by atoms with Crippen LogP contribution in [0.3, 0.4) is 0 Å². The molecule has 2 heteroatoms. The van der Waals surface area contributed by atoms with Gasteiger partial charge >= 0.3 is 0 Å². The average Bonchev–Trinajstić information content (AvgIpc) is 2.10. The number of rotatable bonds is 4. The molecule has 78 valence electrons. The topological polar surface area (TPSA) is 26.0 Å². The third-order valence-corrected chi connectivity index (χ3v) is 3.24. The zero-order valence-corrected chi connectivity index (χ0v) is 10.0. The van der Waals surface area contributed by atoms with E-state index in [1.54, 1.807) is 0 Å². The summed E-state index contributed by atoms with van der Waals surface area (Å²) in [5.74, 6) is 1.96. The van der Waals surface area contributed by atoms with E-state index in [0.29, 0.717) is 0 Å². The summed E-state index contributed by atoms with van der Waals surface area (Å²) in [6, 6.07) is 6.31. The Balaban J connectivity index is 2.47. The highest BCUT2D eigenvalue weighted by Gasteiger charge is 1.99. The predicted molar refractivity (Wildman–Crippen MR) is 65.8 cm³/mol. The number of benzene rings is 1. The standard InChI is InChI=1S/C12H19NS/c1-9(2)6-7-14-11-5-4-10(3)12(13)8-11/h4-5,8-9H,6-7,13H2,1-3H3. The molecule has 1 aromatic rings. The zero-order chi connectivity index (χ0) is 10.6. The third kappa shape index (κ3) is 3.62. The van der Waals surface area contributed by atoms with E-state index in [4.69, 9.17) is 5.73 Å². The number of hydrogen-bond donors (Lipinski definition) is 1. The van der Waals surface area contributed by atoms with Crippen LogP contribution >= 0.6 is 11.8 Å². The lowest BCUT2D eigenvalue weighted by atomic mass is 10.2. The second-order valence-corrected chi connectivity index (χ2v) is 5.22. The van der Waals surface area contributed by atoms with Gasteiger partial charge in [0.05, 0.1) is 0 Å². The van der Waals surface area contributed by atoms with Crippen molar-refractivity contribution in [3.8, 4) is 0 Å². The van der Waals surface area contributed by atoms with Crippen molar-refractivity contribution in [3.63, 3.8) is 0 Å². The second kappa shape index (κ2) is 5.30. The summed E-state index contributed by atoms with van der Waals surface area (Å²) in [6.45, 7) is 6.55. The number of nitrogen functional groups attached to an aromatic ring is 1. The molecule has 1 nitrogen and oxygen atoms in total. The molecule has 0 unspecified atom stereocenters. The van der Waals surface area contributed by atoms with E-state index in [0.717, 1.165) is 11.6 Å². The van der Waals surface area contributed by atoms with Gasteiger partial charge in [-0.05, 0) is 42.7 Å². The SMILES string of the molecule is Cc1ccc(SCCC(C)C)cc1N. The molecule has 0 saturated carbocycles. The van der Waals surface area contributed by atoms with E-state index in [-0.39, 0.29) is 0 Å². The fraction of sp³-hybridized carbons (Fsp3) is 0.500. The molecule has 0 aliphatic carbocycles. The van der Waals surface area contributed by atoms with Crippen LogP contribution in [0.2, 0.25) is 0 Å². The molecule has 0 heterocycles. The predicted octanol–water partition coefficient (Wildman–Crippen LogP) is 3.72. The third-order valence-electron chi connectivity index (χ3n) is 2.21. The van der Waals surface area contributed by atoms with Gasteiger partial charge in [-0.15, -0.1) is 11.8 Å². The van der Waals surface area contributed by atoms with Gasteiger partial charge < -0.3 is 5.73 Å². The highest BCUT2D eigenvalue weighted by atomic mass is 32.2. The summed E-state index contributed by atoms with van der Waals surface area (Å²) in [4.78, 5) is 1.29. The molecule has 2 N–H and O–H groups in total. The van der Waals surface area contributed by atoms with Gasteiger partial charge in [0, 0.05) is 10.6 Å². The summed E-state index contributed by atoms with van der Waals surface area (Å²) in [7, 11) is 0. The first-order valence-corrected chi connectivity index (χ1v) is 6.07. The number of thioether (sulfide) groups is 1. The fourth-order valence-corrected chi connectivity index (χ4v) is 2.32. The van der Waals surface area contributed by atoms with Crippen LogP contribution in [0.1, 0.15) is 25.8 Å². The Hall–Kier alpha value is -0.630. The minimum Gasteiger partial charge on any atom is -0.398 e. The summed E-state index contributed by atoms with van der Waals surface area (Å²) in [5, 5.41) is 0. The highest BCUT2D eigenvalue weighted by Crippen LogP contribution is 2.24. The Morgan fingerprint density at radius 2 is 2.07 bits per heavy atom. The van der Waals surface area contributed by atoms with Crippen LogP contribution in [-0.4, -0.2) is 5.75 Å². The molecule has 0 bridgehead atoms. The molecule has 0 saturated heterocycles. The van der Waals surface area contributed by atoms with E-state index >= 15 is 0 Å². The molecule has 0 radical (unpaired) electrons. The van der Waals surface area contributed by atoms with Crippen molar-refractivity contribution in [3.05, 3.63) is 23.8 Å². The molecule has 1 rings (SSSR count). The van der Waals surface area contributed by atoms with Crippen molar-refractivity contribution in [1.82, 2.24) is 0 Å². The zero-order valence-electron chi connectivity index (χ0n) is 9.21. The molecule has 0 spiro atoms. The Morgan fingerprint density at radius 3 is 2.64 bits per heavy atom. The van der Waals surface area contributed by atoms with E-state index in [1.165, 1.54) is 22.6 Å². The minimum atomic E-state index is 0.783. The molecular weight excluding hydrogens is 190 g/mol. The lowest BCUT2D eigenvalue weighted by Gasteiger charge is -2.06. The summed E-state index contributed by atoms with van der Waals surface area (Å²) in [5.41, 5.74) is 7.91. The van der Waals surface area contributed by atoms with Crippen LogP contribution in [0.25, 0.3) is 0 Å². The lowest BCUT2D eigenvalue weighted by molar-refractivity contribution is 0.632. The first kappa shape index (κ1) is 11.4. The highest BCUT2D eigenvalue weighted by molar-refractivity contribution is 7.99. The summed E-state index contributed by atoms with van der Waals surface area (Å²) < 4.78 is 0. The van der Waals surface area contributed by atoms with Crippen LogP contribution in [0.5, 0.6) is 0 Å². The molecule has 0 fully saturated rings. The Bertz CT molecular complexity index is 294. The summed E-state index contributed by atoms with van der Waals surface area (Å²) >= 11 is 1.89. The van der Waals surface area contributed by atoms with Gasteiger partial charge in [-0.2, -0.15) is 0 Å². The number of aryl methyl sites for hydroxylation is 1. The van der Waals surface area contributed by atoms with Crippen molar-refractivity contribution in [1.29, 1.82) is 0 Å². The van der Waals surface area contributed by atoms with Crippen LogP contribution in [0.15, 0.2) is 23.1 Å². The minimum absolute atomic E-state index is 0.783. The van der Waals surface area contributed by atoms with Gasteiger partial charge in [0.1, 0.15) is 0 Å². The maximum atomic E-state index is 5.84. The number of anilines is 1. The van der Waals surface area contributed by atoms with E-state index in [2.05, 4.69) is 32.0 Å². The van der Waals surface area contributed by atoms with Gasteiger partial charge in [-0.1, -0.05) is 19.9 Å². The monoisotopic (exact) mass is 209 g/mol. The number of nitrogens with two attached hydrogens (primary N) is 1. The van der Waals surface area contributed by atoms with Crippen molar-refractivity contribution < 1.29 is 0 Å². The van der Waals surface area contributed by atoms with Crippen molar-refractivity contribution in [2.24, 2.45) is 5.92 Å². The van der Waals surface area contributed by atoms with Crippen LogP contribution in [-0.2, 0) is 0 Å². The van der Waals surface area contributed by atoms with Gasteiger partial charge in [0.15, 0.2) is 0 Å². The molecule has 0 aliphatic heterocycles. The molecule has 0 atom stereocenters. The first-order valence-electron chi connectivity index (χ1n) is 5.08. The van der Waals surface area contributed by atoms with Crippen LogP contribution < -0.4 is 5.73 Å². The smallest absolute Gasteiger partial charge is 0.0354 e. The average molecular weight is 209 g/mol. The molecule has 1 aromatic carbocycles. The summed E-state index contributed by atoms with van der Waals surface area (Å²) in [6.07, 6.45) is 1.26. The van der Waals surface area contributed by atoms with Gasteiger partial charge in [0.25, 0.3) is 0 Å². The Morgan fingerprint density at radius 1 is 1.36 bits per heavy atom. The molecule has 0 aliphatic rings. The van der Waals surface area contributed by atoms with E-state index in [9.17, 15) is 0 Å².